The van der Waals surface area contributed by atoms with Crippen LogP contribution in [0.2, 0.25) is 0 Å². The van der Waals surface area contributed by atoms with Crippen molar-refractivity contribution in [3.05, 3.63) is 83.7 Å². The first-order valence-electron chi connectivity index (χ1n) is 8.72. The highest BCUT2D eigenvalue weighted by Crippen LogP contribution is 2.33. The molecule has 2 heterocycles. The molecule has 1 atom stereocenters. The van der Waals surface area contributed by atoms with Gasteiger partial charge < -0.3 is 9.64 Å². The number of para-hydroxylation sites is 1. The number of hydrogen-bond donors (Lipinski definition) is 0. The summed E-state index contributed by atoms with van der Waals surface area (Å²) < 4.78 is 7.45. The smallest absolute Gasteiger partial charge is 0.260 e. The molecule has 1 aliphatic heterocycles. The van der Waals surface area contributed by atoms with E-state index in [9.17, 15) is 4.79 Å². The molecule has 132 valence electrons. The van der Waals surface area contributed by atoms with E-state index in [0.29, 0.717) is 18.8 Å². The second-order valence-corrected chi connectivity index (χ2v) is 6.57. The molecule has 0 bridgehead atoms. The van der Waals surface area contributed by atoms with Crippen molar-refractivity contribution in [1.29, 1.82) is 0 Å². The number of nitrogens with zero attached hydrogens (tertiary/aromatic N) is 3. The zero-order chi connectivity index (χ0) is 17.9. The number of ether oxygens (including phenoxy) is 1. The molecule has 3 aromatic rings. The second kappa shape index (κ2) is 7.04. The molecule has 0 radical (unpaired) electrons. The summed E-state index contributed by atoms with van der Waals surface area (Å²) in [4.78, 5) is 14.6. The van der Waals surface area contributed by atoms with Crippen LogP contribution in [0.25, 0.3) is 0 Å². The largest absolute Gasteiger partial charge is 0.484 e. The van der Waals surface area contributed by atoms with Crippen LogP contribution >= 0.6 is 0 Å². The van der Waals surface area contributed by atoms with Crippen LogP contribution in [-0.2, 0) is 18.4 Å². The van der Waals surface area contributed by atoms with Crippen LogP contribution in [0.4, 0.5) is 0 Å². The van der Waals surface area contributed by atoms with Crippen molar-refractivity contribution in [3.63, 3.8) is 0 Å². The first kappa shape index (κ1) is 16.4. The van der Waals surface area contributed by atoms with Gasteiger partial charge in [0.15, 0.2) is 6.61 Å². The second-order valence-electron chi connectivity index (χ2n) is 6.57. The molecular weight excluding hydrogens is 326 g/mol. The van der Waals surface area contributed by atoms with Crippen molar-refractivity contribution in [3.8, 4) is 5.75 Å². The predicted molar refractivity (Wildman–Crippen MR) is 98.8 cm³/mol. The minimum Gasteiger partial charge on any atom is -0.484 e. The van der Waals surface area contributed by atoms with Gasteiger partial charge in [0.25, 0.3) is 5.91 Å². The lowest BCUT2D eigenvalue weighted by atomic mass is 9.86. The average molecular weight is 347 g/mol. The molecule has 0 aliphatic carbocycles. The zero-order valence-corrected chi connectivity index (χ0v) is 14.7. The summed E-state index contributed by atoms with van der Waals surface area (Å²) in [5, 5.41) is 4.30. The van der Waals surface area contributed by atoms with Gasteiger partial charge in [-0.15, -0.1) is 0 Å². The number of aromatic nitrogens is 2. The average Bonchev–Trinajstić information content (AvgIpc) is 3.12. The summed E-state index contributed by atoms with van der Waals surface area (Å²) in [6, 6.07) is 17.8. The van der Waals surface area contributed by atoms with E-state index in [1.165, 1.54) is 11.1 Å². The molecule has 2 aromatic carbocycles. The first-order valence-corrected chi connectivity index (χ1v) is 8.72. The minimum atomic E-state index is -0.00255. The number of aryl methyl sites for hydroxylation is 1. The van der Waals surface area contributed by atoms with Crippen LogP contribution < -0.4 is 4.74 Å². The number of fused-ring (bicyclic) bond motifs is 1. The summed E-state index contributed by atoms with van der Waals surface area (Å²) in [5.74, 6) is 0.841. The molecule has 0 unspecified atom stereocenters. The lowest BCUT2D eigenvalue weighted by molar-refractivity contribution is -0.134. The fourth-order valence-electron chi connectivity index (χ4n) is 3.46. The molecule has 0 N–H and O–H groups in total. The van der Waals surface area contributed by atoms with Crippen LogP contribution in [0.5, 0.6) is 5.75 Å². The van der Waals surface area contributed by atoms with Crippen molar-refractivity contribution >= 4 is 5.91 Å². The molecule has 0 saturated carbocycles. The minimum absolute atomic E-state index is 0.00255. The van der Waals surface area contributed by atoms with Crippen LogP contribution in [0, 0.1) is 0 Å². The van der Waals surface area contributed by atoms with Gasteiger partial charge in [0.05, 0.1) is 6.20 Å². The summed E-state index contributed by atoms with van der Waals surface area (Å²) in [5.41, 5.74) is 3.58. The third-order valence-corrected chi connectivity index (χ3v) is 4.78. The molecule has 5 heteroatoms. The SMILES string of the molecule is Cn1cc([C@H]2CN(C(=O)COc3ccccc3)Cc3ccccc32)cn1. The van der Waals surface area contributed by atoms with Crippen molar-refractivity contribution in [2.24, 2.45) is 7.05 Å². The van der Waals surface area contributed by atoms with Gasteiger partial charge in [0.1, 0.15) is 5.75 Å². The molecule has 0 saturated heterocycles. The third kappa shape index (κ3) is 3.33. The highest BCUT2D eigenvalue weighted by Gasteiger charge is 2.29. The van der Waals surface area contributed by atoms with Gasteiger partial charge in [0, 0.05) is 32.3 Å². The van der Waals surface area contributed by atoms with Gasteiger partial charge in [-0.05, 0) is 28.8 Å². The Bertz CT molecular complexity index is 904. The zero-order valence-electron chi connectivity index (χ0n) is 14.7. The Morgan fingerprint density at radius 2 is 1.92 bits per heavy atom. The Balaban J connectivity index is 1.54. The van der Waals surface area contributed by atoms with Crippen LogP contribution in [0.3, 0.4) is 0 Å². The number of amides is 1. The molecule has 1 amide bonds. The Morgan fingerprint density at radius 3 is 2.69 bits per heavy atom. The maximum absolute atomic E-state index is 12.7. The Hall–Kier alpha value is -3.08. The van der Waals surface area contributed by atoms with Gasteiger partial charge in [-0.3, -0.25) is 9.48 Å². The highest BCUT2D eigenvalue weighted by molar-refractivity contribution is 5.78. The monoisotopic (exact) mass is 347 g/mol. The highest BCUT2D eigenvalue weighted by atomic mass is 16.5. The number of carbonyl (C=O) groups excluding carboxylic acids is 1. The van der Waals surface area contributed by atoms with Crippen molar-refractivity contribution in [2.75, 3.05) is 13.2 Å². The number of carbonyl (C=O) groups is 1. The molecular formula is C21H21N3O2. The van der Waals surface area contributed by atoms with E-state index >= 15 is 0 Å². The van der Waals surface area contributed by atoms with E-state index in [0.717, 1.165) is 5.56 Å². The van der Waals surface area contributed by atoms with Gasteiger partial charge in [-0.1, -0.05) is 42.5 Å². The maximum atomic E-state index is 12.7. The molecule has 1 aromatic heterocycles. The van der Waals surface area contributed by atoms with E-state index in [2.05, 4.69) is 23.3 Å². The van der Waals surface area contributed by atoms with Gasteiger partial charge in [-0.2, -0.15) is 5.10 Å². The lowest BCUT2D eigenvalue weighted by Gasteiger charge is -2.34. The Kier molecular flexibility index (Phi) is 4.44. The van der Waals surface area contributed by atoms with Crippen molar-refractivity contribution in [1.82, 2.24) is 14.7 Å². The fourth-order valence-corrected chi connectivity index (χ4v) is 3.46. The molecule has 1 aliphatic rings. The number of hydrogen-bond acceptors (Lipinski definition) is 3. The quantitative estimate of drug-likeness (QED) is 0.729. The summed E-state index contributed by atoms with van der Waals surface area (Å²) >= 11 is 0. The maximum Gasteiger partial charge on any atom is 0.260 e. The Labute approximate surface area is 152 Å². The predicted octanol–water partition coefficient (Wildman–Crippen LogP) is 2.97. The third-order valence-electron chi connectivity index (χ3n) is 4.78. The van der Waals surface area contributed by atoms with Gasteiger partial charge >= 0.3 is 0 Å². The van der Waals surface area contributed by atoms with Crippen molar-refractivity contribution in [2.45, 2.75) is 12.5 Å². The van der Waals surface area contributed by atoms with Crippen LogP contribution in [0.1, 0.15) is 22.6 Å². The number of rotatable bonds is 4. The van der Waals surface area contributed by atoms with Crippen LogP contribution in [0.15, 0.2) is 67.0 Å². The van der Waals surface area contributed by atoms with E-state index in [4.69, 9.17) is 4.74 Å². The molecule has 26 heavy (non-hydrogen) atoms. The summed E-state index contributed by atoms with van der Waals surface area (Å²) in [7, 11) is 1.91. The standard InChI is InChI=1S/C21H21N3O2/c1-23-12-17(11-22-23)20-14-24(13-16-7-5-6-10-19(16)20)21(25)15-26-18-8-3-2-4-9-18/h2-12,20H,13-15H2,1H3/t20-/m1/s1. The summed E-state index contributed by atoms with van der Waals surface area (Å²) in [6.45, 7) is 1.30. The topological polar surface area (TPSA) is 47.4 Å². The summed E-state index contributed by atoms with van der Waals surface area (Å²) in [6.07, 6.45) is 3.91. The van der Waals surface area contributed by atoms with E-state index in [1.54, 1.807) is 4.68 Å². The van der Waals surface area contributed by atoms with Crippen LogP contribution in [-0.4, -0.2) is 33.7 Å². The lowest BCUT2D eigenvalue weighted by Crippen LogP contribution is -2.41. The Morgan fingerprint density at radius 1 is 1.15 bits per heavy atom. The fraction of sp³-hybridized carbons (Fsp3) is 0.238. The van der Waals surface area contributed by atoms with Gasteiger partial charge in [-0.25, -0.2) is 0 Å². The van der Waals surface area contributed by atoms with E-state index in [-0.39, 0.29) is 18.4 Å². The molecule has 0 spiro atoms. The number of benzene rings is 2. The van der Waals surface area contributed by atoms with E-state index in [1.807, 2.05) is 60.7 Å². The molecule has 5 nitrogen and oxygen atoms in total. The first-order chi connectivity index (χ1) is 12.7. The van der Waals surface area contributed by atoms with Crippen molar-refractivity contribution < 1.29 is 9.53 Å². The molecule has 0 fully saturated rings. The molecule has 4 rings (SSSR count). The van der Waals surface area contributed by atoms with Gasteiger partial charge in [0.2, 0.25) is 0 Å². The normalized spacial score (nSPS) is 16.2. The van der Waals surface area contributed by atoms with E-state index < -0.39 is 0 Å².